The maximum absolute atomic E-state index is 13.9. The molecule has 9 heteroatoms. The van der Waals surface area contributed by atoms with Crippen molar-refractivity contribution in [2.45, 2.75) is 45.4 Å². The van der Waals surface area contributed by atoms with Gasteiger partial charge in [-0.2, -0.15) is 4.98 Å². The Bertz CT molecular complexity index is 1770. The highest BCUT2D eigenvalue weighted by Crippen LogP contribution is 2.32. The minimum Gasteiger partial charge on any atom is -0.368 e. The van der Waals surface area contributed by atoms with Crippen LogP contribution in [0.15, 0.2) is 29.3 Å². The monoisotopic (exact) mass is 460 g/mol. The maximum Gasteiger partial charge on any atom is 0.263 e. The summed E-state index contributed by atoms with van der Waals surface area (Å²) >= 11 is 0. The number of carbonyl (C=O) groups is 1. The van der Waals surface area contributed by atoms with Gasteiger partial charge in [0.15, 0.2) is 5.78 Å². The number of nitrogens with one attached hydrogen (secondary N) is 2. The highest BCUT2D eigenvalue weighted by atomic mass is 16.1. The second-order valence-electron chi connectivity index (χ2n) is 7.26. The van der Waals surface area contributed by atoms with E-state index in [1.807, 2.05) is 0 Å². The molecule has 1 saturated heterocycles. The maximum atomic E-state index is 13.9. The molecule has 4 heterocycles. The van der Waals surface area contributed by atoms with Gasteiger partial charge in [0, 0.05) is 54.7 Å². The molecule has 2 fully saturated rings. The number of Topliss-reactive ketones (excluding diaryl/α,β-unsaturated/α-hetero) is 1. The molecule has 33 heavy (non-hydrogen) atoms. The third-order valence-corrected chi connectivity index (χ3v) is 5.15. The van der Waals surface area contributed by atoms with Crippen LogP contribution in [-0.4, -0.2) is 51.4 Å². The Kier molecular flexibility index (Phi) is 3.02. The molecule has 2 aliphatic rings. The molecule has 2 N–H and O–H groups in total. The number of hydrogen-bond donors (Lipinski definition) is 2. The van der Waals surface area contributed by atoms with Crippen LogP contribution in [0.1, 0.15) is 72.2 Å². The molecule has 0 bridgehead atoms. The van der Waals surface area contributed by atoms with E-state index in [4.69, 9.17) is 17.8 Å². The van der Waals surface area contributed by atoms with E-state index in [0.29, 0.717) is 0 Å². The van der Waals surface area contributed by atoms with Gasteiger partial charge in [0.05, 0.1) is 24.3 Å². The lowest BCUT2D eigenvalue weighted by atomic mass is 10.0. The third kappa shape index (κ3) is 4.08. The fourth-order valence-corrected chi connectivity index (χ4v) is 3.59. The Morgan fingerprint density at radius 3 is 2.64 bits per heavy atom. The summed E-state index contributed by atoms with van der Waals surface area (Å²) in [6, 6.07) is -0.883. The van der Waals surface area contributed by atoms with Crippen molar-refractivity contribution in [2.24, 2.45) is 0 Å². The zero-order valence-corrected chi connectivity index (χ0v) is 17.8. The number of ketones is 1. The number of pyridine rings is 2. The van der Waals surface area contributed by atoms with Crippen LogP contribution in [0.4, 0.5) is 17.5 Å². The zero-order chi connectivity index (χ0) is 34.6. The van der Waals surface area contributed by atoms with E-state index < -0.39 is 67.1 Å². The first-order valence-electron chi connectivity index (χ1n) is 16.6. The molecule has 1 saturated carbocycles. The number of aromatic nitrogens is 4. The molecule has 172 valence electrons. The van der Waals surface area contributed by atoms with Crippen LogP contribution in [0.2, 0.25) is 0 Å². The average Bonchev–Trinajstić information content (AvgIpc) is 2.96. The molecule has 9 nitrogen and oxygen atoms in total. The van der Waals surface area contributed by atoms with Crippen LogP contribution in [-0.2, 0) is 0 Å². The summed E-state index contributed by atoms with van der Waals surface area (Å²) in [4.78, 5) is 40.0. The van der Waals surface area contributed by atoms with Crippen LogP contribution < -0.4 is 21.1 Å². The molecule has 1 aliphatic carbocycles. The first-order valence-corrected chi connectivity index (χ1v) is 10.1. The van der Waals surface area contributed by atoms with Crippen molar-refractivity contribution in [1.29, 1.82) is 0 Å². The summed E-state index contributed by atoms with van der Waals surface area (Å²) < 4.78 is 109. The van der Waals surface area contributed by atoms with Gasteiger partial charge in [0.1, 0.15) is 11.5 Å². The molecule has 0 unspecified atom stereocenters. The van der Waals surface area contributed by atoms with Gasteiger partial charge in [-0.25, -0.2) is 9.97 Å². The average molecular weight is 461 g/mol. The molecular weight excluding hydrogens is 418 g/mol. The summed E-state index contributed by atoms with van der Waals surface area (Å²) in [5, 5.41) is 5.33. The highest BCUT2D eigenvalue weighted by molar-refractivity contribution is 5.99. The van der Waals surface area contributed by atoms with Gasteiger partial charge in [-0.15, -0.1) is 0 Å². The van der Waals surface area contributed by atoms with E-state index in [0.717, 1.165) is 18.0 Å². The Morgan fingerprint density at radius 1 is 1.21 bits per heavy atom. The van der Waals surface area contributed by atoms with E-state index >= 15 is 0 Å². The lowest BCUT2D eigenvalue weighted by Gasteiger charge is -2.29. The number of nitrogens with zero attached hydrogens (tertiary/aromatic N) is 5. The molecule has 3 aromatic rings. The van der Waals surface area contributed by atoms with Crippen molar-refractivity contribution in [2.75, 3.05) is 36.3 Å². The predicted molar refractivity (Wildman–Crippen MR) is 129 cm³/mol. The molecule has 0 amide bonds. The number of anilines is 3. The normalized spacial score (nSPS) is 32.9. The van der Waals surface area contributed by atoms with Crippen molar-refractivity contribution in [3.63, 3.8) is 0 Å². The lowest BCUT2D eigenvalue weighted by molar-refractivity contribution is 0.101. The molecule has 0 spiro atoms. The van der Waals surface area contributed by atoms with Gasteiger partial charge in [-0.05, 0) is 44.3 Å². The largest absolute Gasteiger partial charge is 0.368 e. The van der Waals surface area contributed by atoms with Crippen LogP contribution in [0.25, 0.3) is 11.0 Å². The van der Waals surface area contributed by atoms with Crippen LogP contribution in [0.5, 0.6) is 0 Å². The number of fused-ring (bicyclic) bond motifs is 1. The first kappa shape index (κ1) is 11.2. The van der Waals surface area contributed by atoms with Gasteiger partial charge >= 0.3 is 0 Å². The lowest BCUT2D eigenvalue weighted by Crippen LogP contribution is -2.43. The van der Waals surface area contributed by atoms with E-state index in [9.17, 15) is 9.59 Å². The Hall–Kier alpha value is -3.33. The van der Waals surface area contributed by atoms with E-state index in [-0.39, 0.29) is 46.1 Å². The van der Waals surface area contributed by atoms with Crippen LogP contribution in [0.3, 0.4) is 0 Å². The Labute approximate surface area is 210 Å². The highest BCUT2D eigenvalue weighted by Gasteiger charge is 2.25. The number of rotatable bonds is 5. The van der Waals surface area contributed by atoms with Gasteiger partial charge < -0.3 is 15.5 Å². The van der Waals surface area contributed by atoms with Crippen LogP contribution in [0, 0.1) is 6.92 Å². The molecule has 5 rings (SSSR count). The minimum atomic E-state index is -3.69. The first-order chi connectivity index (χ1) is 20.9. The zero-order valence-electron chi connectivity index (χ0n) is 30.8. The van der Waals surface area contributed by atoms with E-state index in [1.165, 1.54) is 25.3 Å². The summed E-state index contributed by atoms with van der Waals surface area (Å²) in [6.45, 7) is -2.07. The molecule has 0 radical (unpaired) electrons. The number of aryl methyl sites for hydroxylation is 1. The molecule has 0 atom stereocenters. The van der Waals surface area contributed by atoms with Crippen molar-refractivity contribution in [1.82, 2.24) is 24.8 Å². The number of carbonyl (C=O) groups excluding carboxylic acids is 1. The molecule has 0 aromatic carbocycles. The van der Waals surface area contributed by atoms with Crippen molar-refractivity contribution in [3.8, 4) is 0 Å². The summed E-state index contributed by atoms with van der Waals surface area (Å²) in [5.41, 5.74) is -2.38. The Balaban J connectivity index is 1.68. The third-order valence-electron chi connectivity index (χ3n) is 5.15. The molecule has 1 aliphatic heterocycles. The van der Waals surface area contributed by atoms with Crippen LogP contribution >= 0.6 is 0 Å². The summed E-state index contributed by atoms with van der Waals surface area (Å²) in [7, 11) is 0. The number of piperazine rings is 1. The minimum absolute atomic E-state index is 0.0195. The van der Waals surface area contributed by atoms with Gasteiger partial charge in [-0.1, -0.05) is 12.7 Å². The van der Waals surface area contributed by atoms with E-state index in [2.05, 4.69) is 25.6 Å². The molecular formula is C24H29N7O2. The van der Waals surface area contributed by atoms with Crippen molar-refractivity contribution in [3.05, 3.63) is 46.0 Å². The van der Waals surface area contributed by atoms with E-state index in [1.54, 1.807) is 0 Å². The van der Waals surface area contributed by atoms with Gasteiger partial charge in [0.25, 0.3) is 5.56 Å². The summed E-state index contributed by atoms with van der Waals surface area (Å²) in [5.74, 6) is -1.10. The Morgan fingerprint density at radius 2 is 1.97 bits per heavy atom. The standard InChI is InChI=1S/C24H29N7O2/c1-15-19-14-27-24(28-20-8-7-18(13-26-20)30-11-9-25-10-12-30)29-22(19)31(17-5-3-4-6-17)23(33)21(15)16(2)32/h7-8,13-14,17,25H,3-6,9-12H2,1-2H3,(H,26,27,28,29)/i3D2,4D2,5D2,6D2,11D2,12D2,17D. The number of hydrogen-bond acceptors (Lipinski definition) is 8. The quantitative estimate of drug-likeness (QED) is 0.560. The second-order valence-corrected chi connectivity index (χ2v) is 7.26. The molecule has 3 aromatic heterocycles. The fraction of sp³-hybridized carbons (Fsp3) is 0.458. The predicted octanol–water partition coefficient (Wildman–Crippen LogP) is 2.97. The van der Waals surface area contributed by atoms with Crippen molar-refractivity contribution >= 4 is 34.3 Å². The smallest absolute Gasteiger partial charge is 0.263 e. The van der Waals surface area contributed by atoms with Gasteiger partial charge in [-0.3, -0.25) is 14.2 Å². The fourth-order valence-electron chi connectivity index (χ4n) is 3.59. The topological polar surface area (TPSA) is 105 Å². The SMILES string of the molecule is [2H]C1([2H])CNCC([2H])([2H])N1c1ccc(Nc2ncc3c(C)c(C(C)=O)c(=O)n(C4([2H])C([2H])([2H])C([2H])([2H])C([2H])([2H])C4([2H])[2H])c3n2)nc1. The van der Waals surface area contributed by atoms with Gasteiger partial charge in [0.2, 0.25) is 5.95 Å². The van der Waals surface area contributed by atoms with Crippen molar-refractivity contribution < 1.29 is 22.6 Å². The summed E-state index contributed by atoms with van der Waals surface area (Å²) in [6.07, 6.45) is -12.3. The second kappa shape index (κ2) is 8.90.